The highest BCUT2D eigenvalue weighted by molar-refractivity contribution is 7.91. The van der Waals surface area contributed by atoms with Crippen molar-refractivity contribution < 1.29 is 22.7 Å². The molecule has 20 heavy (non-hydrogen) atoms. The van der Waals surface area contributed by atoms with Crippen LogP contribution in [0.5, 0.6) is 5.75 Å². The molecule has 0 bridgehead atoms. The molecular formula is C14H17FO4S. The van der Waals surface area contributed by atoms with Crippen LogP contribution < -0.4 is 4.74 Å². The molecule has 1 rings (SSSR count). The van der Waals surface area contributed by atoms with E-state index in [0.717, 1.165) is 0 Å². The number of halogens is 1. The zero-order valence-electron chi connectivity index (χ0n) is 11.4. The normalized spacial score (nSPS) is 11.1. The predicted octanol–water partition coefficient (Wildman–Crippen LogP) is 1.37. The third-order valence-electron chi connectivity index (χ3n) is 2.59. The lowest BCUT2D eigenvalue weighted by Gasteiger charge is -2.10. The van der Waals surface area contributed by atoms with Crippen molar-refractivity contribution in [1.29, 1.82) is 0 Å². The number of sulfone groups is 1. The summed E-state index contributed by atoms with van der Waals surface area (Å²) in [6.45, 7) is 2.76. The number of hydrogen-bond acceptors (Lipinski definition) is 4. The van der Waals surface area contributed by atoms with E-state index in [4.69, 9.17) is 9.84 Å². The Kier molecular flexibility index (Phi) is 5.99. The van der Waals surface area contributed by atoms with E-state index in [-0.39, 0.29) is 24.7 Å². The first-order valence-electron chi connectivity index (χ1n) is 6.10. The van der Waals surface area contributed by atoms with Crippen LogP contribution in [0.15, 0.2) is 18.2 Å². The van der Waals surface area contributed by atoms with Crippen LogP contribution >= 0.6 is 0 Å². The molecule has 1 aromatic carbocycles. The van der Waals surface area contributed by atoms with Crippen LogP contribution in [0.3, 0.4) is 0 Å². The summed E-state index contributed by atoms with van der Waals surface area (Å²) < 4.78 is 41.8. The number of aliphatic hydroxyl groups is 1. The van der Waals surface area contributed by atoms with Crippen molar-refractivity contribution in [3.05, 3.63) is 29.6 Å². The van der Waals surface area contributed by atoms with Crippen LogP contribution in [-0.2, 0) is 9.84 Å². The lowest BCUT2D eigenvalue weighted by Crippen LogP contribution is -2.22. The molecule has 1 N–H and O–H groups in total. The highest BCUT2D eigenvalue weighted by atomic mass is 32.2. The van der Waals surface area contributed by atoms with Gasteiger partial charge < -0.3 is 9.84 Å². The van der Waals surface area contributed by atoms with Crippen molar-refractivity contribution in [2.45, 2.75) is 19.1 Å². The molecule has 0 aliphatic rings. The van der Waals surface area contributed by atoms with Gasteiger partial charge in [0.1, 0.15) is 13.2 Å². The van der Waals surface area contributed by atoms with Crippen LogP contribution in [0.1, 0.15) is 19.4 Å². The van der Waals surface area contributed by atoms with Crippen LogP contribution in [0.2, 0.25) is 0 Å². The minimum Gasteiger partial charge on any atom is -0.489 e. The van der Waals surface area contributed by atoms with E-state index in [2.05, 4.69) is 11.8 Å². The molecule has 0 spiro atoms. The fraction of sp³-hybridized carbons (Fsp3) is 0.429. The predicted molar refractivity (Wildman–Crippen MR) is 74.8 cm³/mol. The Morgan fingerprint density at radius 3 is 2.70 bits per heavy atom. The molecule has 4 nitrogen and oxygen atoms in total. The lowest BCUT2D eigenvalue weighted by atomic mass is 10.2. The number of hydrogen-bond donors (Lipinski definition) is 1. The van der Waals surface area contributed by atoms with Gasteiger partial charge in [-0.15, -0.1) is 0 Å². The van der Waals surface area contributed by atoms with E-state index in [1.807, 2.05) is 0 Å². The Hall–Kier alpha value is -1.58. The molecule has 0 aliphatic carbocycles. The average Bonchev–Trinajstić information content (AvgIpc) is 2.39. The van der Waals surface area contributed by atoms with Gasteiger partial charge in [0, 0.05) is 5.56 Å². The largest absolute Gasteiger partial charge is 0.489 e. The van der Waals surface area contributed by atoms with Crippen molar-refractivity contribution in [1.82, 2.24) is 0 Å². The number of aliphatic hydroxyl groups excluding tert-OH is 1. The lowest BCUT2D eigenvalue weighted by molar-refractivity contribution is 0.322. The Balaban J connectivity index is 2.73. The molecule has 0 amide bonds. The van der Waals surface area contributed by atoms with Gasteiger partial charge in [-0.05, 0) is 32.0 Å². The van der Waals surface area contributed by atoms with E-state index < -0.39 is 20.9 Å². The van der Waals surface area contributed by atoms with E-state index in [9.17, 15) is 12.8 Å². The van der Waals surface area contributed by atoms with Crippen molar-refractivity contribution in [2.75, 3.05) is 19.0 Å². The van der Waals surface area contributed by atoms with Crippen LogP contribution in [0.4, 0.5) is 4.39 Å². The Labute approximate surface area is 118 Å². The fourth-order valence-corrected chi connectivity index (χ4v) is 2.12. The number of benzene rings is 1. The quantitative estimate of drug-likeness (QED) is 0.834. The summed E-state index contributed by atoms with van der Waals surface area (Å²) in [5.41, 5.74) is 0.488. The van der Waals surface area contributed by atoms with E-state index in [1.165, 1.54) is 18.2 Å². The van der Waals surface area contributed by atoms with Gasteiger partial charge in [-0.3, -0.25) is 0 Å². The maximum Gasteiger partial charge on any atom is 0.165 e. The zero-order valence-corrected chi connectivity index (χ0v) is 12.2. The molecule has 1 aromatic rings. The molecule has 0 heterocycles. The van der Waals surface area contributed by atoms with E-state index in [0.29, 0.717) is 5.56 Å². The van der Waals surface area contributed by atoms with Gasteiger partial charge in [-0.1, -0.05) is 11.8 Å². The maximum absolute atomic E-state index is 13.5. The average molecular weight is 300 g/mol. The fourth-order valence-electron chi connectivity index (χ4n) is 1.34. The first-order valence-corrected chi connectivity index (χ1v) is 7.82. The second kappa shape index (κ2) is 7.27. The van der Waals surface area contributed by atoms with Gasteiger partial charge in [-0.2, -0.15) is 0 Å². The minimum absolute atomic E-state index is 0.0475. The molecule has 0 aromatic heterocycles. The van der Waals surface area contributed by atoms with Crippen LogP contribution in [-0.4, -0.2) is 37.7 Å². The molecule has 0 saturated heterocycles. The van der Waals surface area contributed by atoms with Crippen molar-refractivity contribution >= 4 is 9.84 Å². The number of rotatable bonds is 5. The third kappa shape index (κ3) is 4.83. The van der Waals surface area contributed by atoms with Crippen LogP contribution in [0.25, 0.3) is 0 Å². The molecule has 0 atom stereocenters. The summed E-state index contributed by atoms with van der Waals surface area (Å²) in [6, 6.07) is 4.02. The van der Waals surface area contributed by atoms with Gasteiger partial charge in [0.15, 0.2) is 21.4 Å². The van der Waals surface area contributed by atoms with Crippen molar-refractivity contribution in [3.8, 4) is 17.6 Å². The molecule has 6 heteroatoms. The third-order valence-corrected chi connectivity index (χ3v) is 4.76. The Morgan fingerprint density at radius 1 is 1.40 bits per heavy atom. The monoisotopic (exact) mass is 300 g/mol. The summed E-state index contributed by atoms with van der Waals surface area (Å²) in [4.78, 5) is 0. The molecule has 0 saturated carbocycles. The van der Waals surface area contributed by atoms with Gasteiger partial charge in [0.25, 0.3) is 0 Å². The van der Waals surface area contributed by atoms with Gasteiger partial charge in [0.2, 0.25) is 0 Å². The topological polar surface area (TPSA) is 63.6 Å². The van der Waals surface area contributed by atoms with Gasteiger partial charge >= 0.3 is 0 Å². The summed E-state index contributed by atoms with van der Waals surface area (Å²) in [5.74, 6) is 4.26. The SMILES string of the molecule is CC(C)S(=O)(=O)CCOc1cc(C#CCO)ccc1F. The minimum atomic E-state index is -3.21. The summed E-state index contributed by atoms with van der Waals surface area (Å²) >= 11 is 0. The standard InChI is InChI=1S/C14H17FO4S/c1-11(2)20(17,18)9-8-19-14-10-12(4-3-7-16)5-6-13(14)15/h5-6,10-11,16H,7-9H2,1-2H3. The first-order chi connectivity index (χ1) is 9.36. The molecule has 0 aliphatic heterocycles. The van der Waals surface area contributed by atoms with E-state index >= 15 is 0 Å². The number of ether oxygens (including phenoxy) is 1. The molecule has 0 fully saturated rings. The van der Waals surface area contributed by atoms with E-state index in [1.54, 1.807) is 13.8 Å². The Bertz CT molecular complexity index is 612. The molecular weight excluding hydrogens is 283 g/mol. The maximum atomic E-state index is 13.5. The first kappa shape index (κ1) is 16.5. The molecule has 110 valence electrons. The smallest absolute Gasteiger partial charge is 0.165 e. The van der Waals surface area contributed by atoms with Crippen molar-refractivity contribution in [2.24, 2.45) is 0 Å². The van der Waals surface area contributed by atoms with Gasteiger partial charge in [0.05, 0.1) is 11.0 Å². The van der Waals surface area contributed by atoms with Crippen molar-refractivity contribution in [3.63, 3.8) is 0 Å². The highest BCUT2D eigenvalue weighted by Gasteiger charge is 2.16. The molecule has 0 radical (unpaired) electrons. The van der Waals surface area contributed by atoms with Gasteiger partial charge in [-0.25, -0.2) is 12.8 Å². The zero-order chi connectivity index (χ0) is 15.2. The Morgan fingerprint density at radius 2 is 2.10 bits per heavy atom. The summed E-state index contributed by atoms with van der Waals surface area (Å²) in [6.07, 6.45) is 0. The summed E-state index contributed by atoms with van der Waals surface area (Å²) in [7, 11) is -3.21. The highest BCUT2D eigenvalue weighted by Crippen LogP contribution is 2.18. The van der Waals surface area contributed by atoms with Crippen LogP contribution in [0, 0.1) is 17.7 Å². The molecule has 0 unspecified atom stereocenters. The summed E-state index contributed by atoms with van der Waals surface area (Å²) in [5, 5.41) is 8.10. The second-order valence-corrected chi connectivity index (χ2v) is 7.05. The second-order valence-electron chi connectivity index (χ2n) is 4.37.